The van der Waals surface area contributed by atoms with Crippen LogP contribution < -0.4 is 5.73 Å². The molecule has 0 unspecified atom stereocenters. The Bertz CT molecular complexity index is 1530. The lowest BCUT2D eigenvalue weighted by Gasteiger charge is -2.38. The van der Waals surface area contributed by atoms with Crippen LogP contribution in [-0.2, 0) is 17.5 Å². The Morgan fingerprint density at radius 1 is 0.929 bits per heavy atom. The van der Waals surface area contributed by atoms with E-state index in [1.54, 1.807) is 18.5 Å². The second kappa shape index (κ2) is 12.0. The number of nitrogen functional groups attached to an aromatic ring is 1. The van der Waals surface area contributed by atoms with E-state index in [1.807, 2.05) is 33.7 Å². The summed E-state index contributed by atoms with van der Waals surface area (Å²) in [6.07, 6.45) is 1.95. The van der Waals surface area contributed by atoms with Crippen LogP contribution >= 0.6 is 0 Å². The maximum Gasteiger partial charge on any atom is 0.416 e. The molecule has 0 aliphatic carbocycles. The molecule has 0 radical (unpaired) electrons. The van der Waals surface area contributed by atoms with Crippen molar-refractivity contribution in [2.75, 3.05) is 31.9 Å². The molecule has 2 saturated heterocycles. The number of carbonyl (C=O) groups is 1. The number of rotatable bonds is 5. The number of benzene rings is 1. The molecule has 2 aliphatic rings. The van der Waals surface area contributed by atoms with Crippen molar-refractivity contribution in [2.24, 2.45) is 5.92 Å². The number of alkyl halides is 3. The van der Waals surface area contributed by atoms with E-state index < -0.39 is 11.7 Å². The minimum absolute atomic E-state index is 0. The standard InChI is InChI=1S/C30H32F3N7O.FH/c31-30(32,33)22-4-5-26-25(18-22)37-28(24-3-1-2-11-35-24)40(26)23-9-15-39(16-10-23)29(41)21-7-13-38(14-8-21)19-20-6-12-36-27(34)17-20;/h1-6,11-12,17-18,21,23H,7-10,13-16,19H2,(H2,34,36);1H. The van der Waals surface area contributed by atoms with Crippen molar-refractivity contribution in [3.05, 3.63) is 72.1 Å². The quantitative estimate of drug-likeness (QED) is 0.320. The lowest BCUT2D eigenvalue weighted by atomic mass is 9.93. The highest BCUT2D eigenvalue weighted by Crippen LogP contribution is 2.36. The molecule has 4 aromatic rings. The molecule has 222 valence electrons. The monoisotopic (exact) mass is 583 g/mol. The minimum atomic E-state index is -4.45. The number of hydrogen-bond acceptors (Lipinski definition) is 6. The largest absolute Gasteiger partial charge is 0.416 e. The molecule has 8 nitrogen and oxygen atoms in total. The van der Waals surface area contributed by atoms with E-state index in [1.165, 1.54) is 6.07 Å². The summed E-state index contributed by atoms with van der Waals surface area (Å²) in [5.74, 6) is 1.27. The molecule has 1 amide bonds. The zero-order valence-corrected chi connectivity index (χ0v) is 23.0. The second-order valence-electron chi connectivity index (χ2n) is 10.9. The molecule has 2 fully saturated rings. The fraction of sp³-hybridized carbons (Fsp3) is 0.400. The van der Waals surface area contributed by atoms with Crippen LogP contribution in [0.15, 0.2) is 60.9 Å². The normalized spacial score (nSPS) is 17.4. The Hall–Kier alpha value is -4.06. The average Bonchev–Trinajstić information content (AvgIpc) is 3.36. The van der Waals surface area contributed by atoms with Gasteiger partial charge < -0.3 is 15.2 Å². The Morgan fingerprint density at radius 3 is 2.36 bits per heavy atom. The SMILES string of the molecule is F.Nc1cc(CN2CCC(C(=O)N3CCC(n4c(-c5ccccn5)nc5cc(C(F)(F)F)ccc54)CC3)CC2)ccn1. The highest BCUT2D eigenvalue weighted by Gasteiger charge is 2.34. The molecule has 2 N–H and O–H groups in total. The molecular weight excluding hydrogens is 550 g/mol. The Labute approximate surface area is 240 Å². The number of imidazole rings is 1. The van der Waals surface area contributed by atoms with Crippen LogP contribution in [0.2, 0.25) is 0 Å². The zero-order chi connectivity index (χ0) is 28.6. The summed E-state index contributed by atoms with van der Waals surface area (Å²) >= 11 is 0. The van der Waals surface area contributed by atoms with E-state index in [2.05, 4.69) is 19.9 Å². The van der Waals surface area contributed by atoms with Gasteiger partial charge in [-0.2, -0.15) is 13.2 Å². The first kappa shape index (κ1) is 29.4. The van der Waals surface area contributed by atoms with Gasteiger partial charge in [0.15, 0.2) is 5.82 Å². The highest BCUT2D eigenvalue weighted by molar-refractivity contribution is 5.81. The minimum Gasteiger partial charge on any atom is -0.384 e. The molecular formula is C30H33F4N7O. The average molecular weight is 584 g/mol. The summed E-state index contributed by atoms with van der Waals surface area (Å²) in [6.45, 7) is 3.69. The molecule has 5 heterocycles. The van der Waals surface area contributed by atoms with Gasteiger partial charge in [-0.05, 0) is 86.8 Å². The fourth-order valence-corrected chi connectivity index (χ4v) is 6.11. The lowest BCUT2D eigenvalue weighted by molar-refractivity contribution is -0.138. The van der Waals surface area contributed by atoms with Gasteiger partial charge in [-0.15, -0.1) is 0 Å². The smallest absolute Gasteiger partial charge is 0.384 e. The first-order valence-electron chi connectivity index (χ1n) is 14.0. The summed E-state index contributed by atoms with van der Waals surface area (Å²) < 4.78 is 42.3. The summed E-state index contributed by atoms with van der Waals surface area (Å²) in [5.41, 5.74) is 7.75. The van der Waals surface area contributed by atoms with Gasteiger partial charge in [0.25, 0.3) is 0 Å². The van der Waals surface area contributed by atoms with E-state index in [-0.39, 0.29) is 22.6 Å². The van der Waals surface area contributed by atoms with Crippen molar-refractivity contribution in [2.45, 2.75) is 44.4 Å². The number of piperidine rings is 2. The van der Waals surface area contributed by atoms with Crippen molar-refractivity contribution in [3.63, 3.8) is 0 Å². The molecule has 0 bridgehead atoms. The molecule has 2 aliphatic heterocycles. The van der Waals surface area contributed by atoms with Crippen LogP contribution in [0.4, 0.5) is 23.7 Å². The van der Waals surface area contributed by atoms with Crippen LogP contribution in [0.1, 0.15) is 42.9 Å². The van der Waals surface area contributed by atoms with E-state index >= 15 is 0 Å². The van der Waals surface area contributed by atoms with Crippen LogP contribution in [0.3, 0.4) is 0 Å². The molecule has 6 rings (SSSR count). The molecule has 0 atom stereocenters. The fourth-order valence-electron chi connectivity index (χ4n) is 6.11. The van der Waals surface area contributed by atoms with Gasteiger partial charge in [0.05, 0.1) is 16.6 Å². The van der Waals surface area contributed by atoms with Gasteiger partial charge in [-0.25, -0.2) is 9.97 Å². The predicted molar refractivity (Wildman–Crippen MR) is 152 cm³/mol. The number of nitrogens with zero attached hydrogens (tertiary/aromatic N) is 6. The number of amides is 1. The number of anilines is 1. The molecule has 3 aromatic heterocycles. The Kier molecular flexibility index (Phi) is 8.44. The van der Waals surface area contributed by atoms with E-state index in [0.29, 0.717) is 54.3 Å². The van der Waals surface area contributed by atoms with E-state index in [9.17, 15) is 18.0 Å². The zero-order valence-electron chi connectivity index (χ0n) is 23.0. The Morgan fingerprint density at radius 2 is 1.69 bits per heavy atom. The summed E-state index contributed by atoms with van der Waals surface area (Å²) in [7, 11) is 0. The summed E-state index contributed by atoms with van der Waals surface area (Å²) in [5, 5.41) is 0. The van der Waals surface area contributed by atoms with Crippen molar-refractivity contribution in [3.8, 4) is 11.5 Å². The van der Waals surface area contributed by atoms with E-state index in [4.69, 9.17) is 5.73 Å². The van der Waals surface area contributed by atoms with Gasteiger partial charge in [-0.1, -0.05) is 6.07 Å². The third-order valence-corrected chi connectivity index (χ3v) is 8.24. The number of halogens is 4. The van der Waals surface area contributed by atoms with Gasteiger partial charge >= 0.3 is 6.18 Å². The molecule has 0 saturated carbocycles. The number of likely N-dealkylation sites (tertiary alicyclic amines) is 2. The van der Waals surface area contributed by atoms with Crippen molar-refractivity contribution < 1.29 is 22.7 Å². The van der Waals surface area contributed by atoms with E-state index in [0.717, 1.165) is 50.2 Å². The number of nitrogens with two attached hydrogens (primary N) is 1. The van der Waals surface area contributed by atoms with Crippen LogP contribution in [0, 0.1) is 5.92 Å². The van der Waals surface area contributed by atoms with Crippen LogP contribution in [-0.4, -0.2) is 61.4 Å². The third kappa shape index (κ3) is 6.08. The van der Waals surface area contributed by atoms with Gasteiger partial charge in [-0.3, -0.25) is 19.4 Å². The number of fused-ring (bicyclic) bond motifs is 1. The third-order valence-electron chi connectivity index (χ3n) is 8.24. The molecule has 12 heteroatoms. The first-order valence-corrected chi connectivity index (χ1v) is 14.0. The first-order chi connectivity index (χ1) is 19.8. The highest BCUT2D eigenvalue weighted by atomic mass is 19.4. The topological polar surface area (TPSA) is 93.2 Å². The summed E-state index contributed by atoms with van der Waals surface area (Å²) in [6, 6.07) is 13.0. The van der Waals surface area contributed by atoms with Crippen LogP contribution in [0.25, 0.3) is 22.6 Å². The number of hydrogen-bond donors (Lipinski definition) is 1. The van der Waals surface area contributed by atoms with Gasteiger partial charge in [0.1, 0.15) is 11.5 Å². The van der Waals surface area contributed by atoms with Crippen molar-refractivity contribution in [1.29, 1.82) is 0 Å². The van der Waals surface area contributed by atoms with Crippen LogP contribution in [0.5, 0.6) is 0 Å². The number of carbonyl (C=O) groups excluding carboxylic acids is 1. The van der Waals surface area contributed by atoms with Gasteiger partial charge in [0.2, 0.25) is 5.91 Å². The number of aromatic nitrogens is 4. The lowest BCUT2D eigenvalue weighted by Crippen LogP contribution is -2.45. The predicted octanol–water partition coefficient (Wildman–Crippen LogP) is 5.32. The van der Waals surface area contributed by atoms with Crippen molar-refractivity contribution >= 4 is 22.8 Å². The number of pyridine rings is 2. The molecule has 42 heavy (non-hydrogen) atoms. The maximum atomic E-state index is 13.4. The molecule has 1 aromatic carbocycles. The second-order valence-corrected chi connectivity index (χ2v) is 10.9. The van der Waals surface area contributed by atoms with Gasteiger partial charge in [0, 0.05) is 44.0 Å². The Balaban J connectivity index is 0.00000353. The maximum absolute atomic E-state index is 13.4. The summed E-state index contributed by atoms with van der Waals surface area (Å²) in [4.78, 5) is 30.8. The molecule has 0 spiro atoms. The van der Waals surface area contributed by atoms with Crippen molar-refractivity contribution in [1.82, 2.24) is 29.3 Å².